The minimum atomic E-state index is -0.110. The molecule has 0 aliphatic carbocycles. The molecule has 2 heterocycles. The molecule has 1 N–H and O–H groups in total. The van der Waals surface area contributed by atoms with Crippen LogP contribution in [0.5, 0.6) is 0 Å². The monoisotopic (exact) mass is 217 g/mol. The standard InChI is InChI=1S/C8H8ClNO2S/c9-6-2-1-5(13-6)8(11)10-7-3-4-12-7/h1-2,7H,3-4H2,(H,10,11). The fraction of sp³-hybridized carbons (Fsp3) is 0.375. The number of hydrogen-bond donors (Lipinski definition) is 1. The molecule has 1 fully saturated rings. The number of ether oxygens (including phenoxy) is 1. The van der Waals surface area contributed by atoms with Crippen LogP contribution in [0.2, 0.25) is 4.34 Å². The molecule has 0 bridgehead atoms. The van der Waals surface area contributed by atoms with Gasteiger partial charge in [-0.25, -0.2) is 0 Å². The Labute approximate surface area is 84.7 Å². The van der Waals surface area contributed by atoms with Crippen LogP contribution in [0, 0.1) is 0 Å². The van der Waals surface area contributed by atoms with E-state index >= 15 is 0 Å². The predicted molar refractivity (Wildman–Crippen MR) is 51.2 cm³/mol. The van der Waals surface area contributed by atoms with Crippen LogP contribution in [0.15, 0.2) is 12.1 Å². The molecule has 1 aliphatic heterocycles. The molecule has 1 aromatic rings. The molecule has 1 saturated heterocycles. The van der Waals surface area contributed by atoms with Gasteiger partial charge >= 0.3 is 0 Å². The number of rotatable bonds is 2. The number of hydrogen-bond acceptors (Lipinski definition) is 3. The lowest BCUT2D eigenvalue weighted by Crippen LogP contribution is -2.43. The second-order valence-corrected chi connectivity index (χ2v) is 4.44. The van der Waals surface area contributed by atoms with Crippen molar-refractivity contribution in [2.24, 2.45) is 0 Å². The van der Waals surface area contributed by atoms with Crippen LogP contribution in [0.4, 0.5) is 0 Å². The molecular weight excluding hydrogens is 210 g/mol. The number of carbonyl (C=O) groups is 1. The lowest BCUT2D eigenvalue weighted by molar-refractivity contribution is -0.0646. The van der Waals surface area contributed by atoms with Gasteiger partial charge in [0.05, 0.1) is 15.8 Å². The van der Waals surface area contributed by atoms with Crippen molar-refractivity contribution < 1.29 is 9.53 Å². The van der Waals surface area contributed by atoms with E-state index in [2.05, 4.69) is 5.32 Å². The summed E-state index contributed by atoms with van der Waals surface area (Å²) in [5.74, 6) is -0.110. The Morgan fingerprint density at radius 1 is 1.69 bits per heavy atom. The maximum absolute atomic E-state index is 11.4. The third-order valence-electron chi connectivity index (χ3n) is 1.79. The van der Waals surface area contributed by atoms with Gasteiger partial charge in [0.1, 0.15) is 6.23 Å². The van der Waals surface area contributed by atoms with E-state index in [1.165, 1.54) is 11.3 Å². The Morgan fingerprint density at radius 3 is 2.92 bits per heavy atom. The lowest BCUT2D eigenvalue weighted by Gasteiger charge is -2.26. The number of thiophene rings is 1. The van der Waals surface area contributed by atoms with Gasteiger partial charge in [-0.2, -0.15) is 0 Å². The van der Waals surface area contributed by atoms with Gasteiger partial charge in [0, 0.05) is 6.42 Å². The Kier molecular flexibility index (Phi) is 2.53. The van der Waals surface area contributed by atoms with Gasteiger partial charge in [0.2, 0.25) is 0 Å². The number of carbonyl (C=O) groups excluding carboxylic acids is 1. The molecule has 1 unspecified atom stereocenters. The fourth-order valence-corrected chi connectivity index (χ4v) is 1.95. The summed E-state index contributed by atoms with van der Waals surface area (Å²) in [6, 6.07) is 3.42. The first kappa shape index (κ1) is 8.99. The Balaban J connectivity index is 1.96. The molecule has 70 valence electrons. The SMILES string of the molecule is O=C(NC1CCO1)c1ccc(Cl)s1. The van der Waals surface area contributed by atoms with E-state index in [4.69, 9.17) is 16.3 Å². The Morgan fingerprint density at radius 2 is 2.46 bits per heavy atom. The largest absolute Gasteiger partial charge is 0.358 e. The molecule has 2 rings (SSSR count). The summed E-state index contributed by atoms with van der Waals surface area (Å²) in [5.41, 5.74) is 0. The molecule has 3 nitrogen and oxygen atoms in total. The maximum Gasteiger partial charge on any atom is 0.263 e. The smallest absolute Gasteiger partial charge is 0.263 e. The van der Waals surface area contributed by atoms with Crippen molar-refractivity contribution in [1.82, 2.24) is 5.32 Å². The zero-order valence-electron chi connectivity index (χ0n) is 6.75. The van der Waals surface area contributed by atoms with Gasteiger partial charge in [-0.15, -0.1) is 11.3 Å². The molecule has 1 amide bonds. The van der Waals surface area contributed by atoms with Crippen molar-refractivity contribution >= 4 is 28.8 Å². The Bertz CT molecular complexity index is 322. The molecule has 1 aromatic heterocycles. The zero-order valence-corrected chi connectivity index (χ0v) is 8.32. The van der Waals surface area contributed by atoms with Crippen LogP contribution in [0.25, 0.3) is 0 Å². The van der Waals surface area contributed by atoms with Crippen molar-refractivity contribution in [3.8, 4) is 0 Å². The molecule has 5 heteroatoms. The molecule has 1 aliphatic rings. The van der Waals surface area contributed by atoms with E-state index < -0.39 is 0 Å². The second-order valence-electron chi connectivity index (χ2n) is 2.73. The van der Waals surface area contributed by atoms with Gasteiger partial charge in [-0.1, -0.05) is 11.6 Å². The molecule has 1 atom stereocenters. The third-order valence-corrected chi connectivity index (χ3v) is 3.02. The van der Waals surface area contributed by atoms with Crippen molar-refractivity contribution in [2.45, 2.75) is 12.6 Å². The maximum atomic E-state index is 11.4. The predicted octanol–water partition coefficient (Wildman–Crippen LogP) is 1.88. The highest BCUT2D eigenvalue weighted by molar-refractivity contribution is 7.17. The summed E-state index contributed by atoms with van der Waals surface area (Å²) in [6.07, 6.45) is 0.790. The minimum absolute atomic E-state index is 0.103. The molecular formula is C8H8ClNO2S. The molecule has 0 spiro atoms. The molecule has 0 radical (unpaired) electrons. The summed E-state index contributed by atoms with van der Waals surface area (Å²) in [6.45, 7) is 0.732. The summed E-state index contributed by atoms with van der Waals surface area (Å²) in [7, 11) is 0. The summed E-state index contributed by atoms with van der Waals surface area (Å²) < 4.78 is 5.69. The van der Waals surface area contributed by atoms with Crippen LogP contribution in [0.1, 0.15) is 16.1 Å². The van der Waals surface area contributed by atoms with Crippen molar-refractivity contribution in [3.05, 3.63) is 21.3 Å². The third kappa shape index (κ3) is 2.02. The molecule has 0 aromatic carbocycles. The van der Waals surface area contributed by atoms with Crippen molar-refractivity contribution in [3.63, 3.8) is 0 Å². The summed E-state index contributed by atoms with van der Waals surface area (Å²) in [5, 5.41) is 2.74. The van der Waals surface area contributed by atoms with E-state index in [0.717, 1.165) is 13.0 Å². The van der Waals surface area contributed by atoms with Gasteiger partial charge in [-0.05, 0) is 12.1 Å². The fourth-order valence-electron chi connectivity index (χ4n) is 1.00. The first-order valence-electron chi connectivity index (χ1n) is 3.93. The van der Waals surface area contributed by atoms with E-state index in [1.807, 2.05) is 0 Å². The highest BCUT2D eigenvalue weighted by Crippen LogP contribution is 2.21. The summed E-state index contributed by atoms with van der Waals surface area (Å²) >= 11 is 6.97. The van der Waals surface area contributed by atoms with Crippen LogP contribution < -0.4 is 5.32 Å². The van der Waals surface area contributed by atoms with Gasteiger partial charge in [0.15, 0.2) is 0 Å². The lowest BCUT2D eigenvalue weighted by atomic mass is 10.3. The van der Waals surface area contributed by atoms with Gasteiger partial charge in [0.25, 0.3) is 5.91 Å². The van der Waals surface area contributed by atoms with E-state index in [-0.39, 0.29) is 12.1 Å². The van der Waals surface area contributed by atoms with Crippen LogP contribution in [-0.2, 0) is 4.74 Å². The van der Waals surface area contributed by atoms with E-state index in [0.29, 0.717) is 9.21 Å². The second kappa shape index (κ2) is 3.65. The van der Waals surface area contributed by atoms with Gasteiger partial charge < -0.3 is 10.1 Å². The van der Waals surface area contributed by atoms with Crippen LogP contribution in [0.3, 0.4) is 0 Å². The molecule has 13 heavy (non-hydrogen) atoms. The Hall–Kier alpha value is -0.580. The first-order valence-corrected chi connectivity index (χ1v) is 5.13. The topological polar surface area (TPSA) is 38.3 Å². The quantitative estimate of drug-likeness (QED) is 0.822. The van der Waals surface area contributed by atoms with Crippen molar-refractivity contribution in [1.29, 1.82) is 0 Å². The average molecular weight is 218 g/mol. The van der Waals surface area contributed by atoms with Crippen LogP contribution in [-0.4, -0.2) is 18.7 Å². The first-order chi connectivity index (χ1) is 6.25. The van der Waals surface area contributed by atoms with Crippen molar-refractivity contribution in [2.75, 3.05) is 6.61 Å². The highest BCUT2D eigenvalue weighted by atomic mass is 35.5. The zero-order chi connectivity index (χ0) is 9.26. The average Bonchev–Trinajstić information content (AvgIpc) is 2.44. The number of nitrogens with one attached hydrogen (secondary N) is 1. The molecule has 0 saturated carbocycles. The summed E-state index contributed by atoms with van der Waals surface area (Å²) in [4.78, 5) is 12.0. The number of amides is 1. The highest BCUT2D eigenvalue weighted by Gasteiger charge is 2.21. The van der Waals surface area contributed by atoms with Gasteiger partial charge in [-0.3, -0.25) is 4.79 Å². The van der Waals surface area contributed by atoms with Crippen LogP contribution >= 0.6 is 22.9 Å². The van der Waals surface area contributed by atoms with E-state index in [9.17, 15) is 4.79 Å². The normalized spacial score (nSPS) is 20.8. The number of halogens is 1. The van der Waals surface area contributed by atoms with E-state index in [1.54, 1.807) is 12.1 Å². The minimum Gasteiger partial charge on any atom is -0.358 e.